The van der Waals surface area contributed by atoms with E-state index in [-0.39, 0.29) is 12.1 Å². The predicted octanol–water partition coefficient (Wildman–Crippen LogP) is 2.66. The summed E-state index contributed by atoms with van der Waals surface area (Å²) in [5.74, 6) is 5.14. The van der Waals surface area contributed by atoms with Crippen molar-refractivity contribution in [1.29, 1.82) is 0 Å². The Balaban J connectivity index is 2.21. The molecule has 5 nitrogen and oxygen atoms in total. The zero-order valence-electron chi connectivity index (χ0n) is 11.6. The average molecular weight is 270 g/mol. The number of amides is 2. The summed E-state index contributed by atoms with van der Waals surface area (Å²) >= 11 is 0. The Morgan fingerprint density at radius 3 is 2.60 bits per heavy atom. The van der Waals surface area contributed by atoms with Crippen molar-refractivity contribution in [3.8, 4) is 0 Å². The molecule has 0 saturated carbocycles. The fourth-order valence-electron chi connectivity index (χ4n) is 1.94. The molecule has 2 amide bonds. The molecule has 4 N–H and O–H groups in total. The van der Waals surface area contributed by atoms with Crippen LogP contribution in [0.3, 0.4) is 0 Å². The summed E-state index contributed by atoms with van der Waals surface area (Å²) in [4.78, 5) is 11.6. The Morgan fingerprint density at radius 1 is 1.20 bits per heavy atom. The van der Waals surface area contributed by atoms with Crippen LogP contribution in [-0.2, 0) is 0 Å². The third-order valence-corrected chi connectivity index (χ3v) is 2.77. The second-order valence-electron chi connectivity index (χ2n) is 4.85. The lowest BCUT2D eigenvalue weighted by Gasteiger charge is -2.10. The molecule has 0 radical (unpaired) electrons. The average Bonchev–Trinajstić information content (AvgIpc) is 2.38. The van der Waals surface area contributed by atoms with Crippen molar-refractivity contribution in [2.45, 2.75) is 19.9 Å². The quantitative estimate of drug-likeness (QED) is 0.455. The van der Waals surface area contributed by atoms with E-state index < -0.39 is 0 Å². The van der Waals surface area contributed by atoms with Crippen LogP contribution in [0.15, 0.2) is 41.5 Å². The number of hydrazone groups is 1. The number of urea groups is 1. The van der Waals surface area contributed by atoms with E-state index in [0.717, 1.165) is 22.0 Å². The van der Waals surface area contributed by atoms with Gasteiger partial charge in [0.25, 0.3) is 0 Å². The summed E-state index contributed by atoms with van der Waals surface area (Å²) in [5, 5.41) is 11.2. The van der Waals surface area contributed by atoms with E-state index in [2.05, 4.69) is 15.7 Å². The normalized spacial score (nSPS) is 11.2. The molecule has 0 unspecified atom stereocenters. The summed E-state index contributed by atoms with van der Waals surface area (Å²) < 4.78 is 0. The Morgan fingerprint density at radius 2 is 1.90 bits per heavy atom. The topological polar surface area (TPSA) is 79.5 Å². The highest BCUT2D eigenvalue weighted by Crippen LogP contribution is 2.20. The first kappa shape index (κ1) is 13.9. The summed E-state index contributed by atoms with van der Waals surface area (Å²) in [6, 6.07) is 11.5. The third kappa shape index (κ3) is 3.47. The number of anilines is 1. The summed E-state index contributed by atoms with van der Waals surface area (Å²) in [6.45, 7) is 3.83. The van der Waals surface area contributed by atoms with Crippen molar-refractivity contribution in [2.24, 2.45) is 10.9 Å². The van der Waals surface area contributed by atoms with Gasteiger partial charge in [0.15, 0.2) is 0 Å². The summed E-state index contributed by atoms with van der Waals surface area (Å²) in [7, 11) is 0. The van der Waals surface area contributed by atoms with Crippen LogP contribution < -0.4 is 16.5 Å². The van der Waals surface area contributed by atoms with Gasteiger partial charge in [-0.15, -0.1) is 0 Å². The van der Waals surface area contributed by atoms with Crippen LogP contribution in [0.5, 0.6) is 0 Å². The summed E-state index contributed by atoms with van der Waals surface area (Å²) in [6.07, 6.45) is 1.60. The molecule has 0 aliphatic heterocycles. The Hall–Kier alpha value is -2.56. The molecule has 0 atom stereocenters. The predicted molar refractivity (Wildman–Crippen MR) is 83.0 cm³/mol. The van der Waals surface area contributed by atoms with Crippen molar-refractivity contribution >= 4 is 28.7 Å². The molecule has 20 heavy (non-hydrogen) atoms. The largest absolute Gasteiger partial charge is 0.336 e. The highest BCUT2D eigenvalue weighted by Gasteiger charge is 2.04. The van der Waals surface area contributed by atoms with Gasteiger partial charge in [-0.25, -0.2) is 4.79 Å². The molecule has 2 aromatic carbocycles. The number of carbonyl (C=O) groups excluding carboxylic acids is 1. The maximum absolute atomic E-state index is 11.6. The number of nitrogens with zero attached hydrogens (tertiary/aromatic N) is 1. The zero-order chi connectivity index (χ0) is 14.5. The van der Waals surface area contributed by atoms with Crippen molar-refractivity contribution in [2.75, 3.05) is 5.32 Å². The molecule has 0 bridgehead atoms. The lowest BCUT2D eigenvalue weighted by atomic mass is 10.1. The minimum atomic E-state index is -0.203. The standard InChI is InChI=1S/C15H18N4O/c1-10(2)18-15(20)19-14-6-5-12-7-11(9-17-16)3-4-13(12)8-14/h3-10H,16H2,1-2H3,(H2,18,19,20). The molecule has 0 heterocycles. The van der Waals surface area contributed by atoms with Crippen LogP contribution >= 0.6 is 0 Å². The molecule has 0 saturated heterocycles. The smallest absolute Gasteiger partial charge is 0.319 e. The van der Waals surface area contributed by atoms with E-state index in [4.69, 9.17) is 5.84 Å². The van der Waals surface area contributed by atoms with Crippen molar-refractivity contribution in [3.63, 3.8) is 0 Å². The van der Waals surface area contributed by atoms with E-state index in [1.807, 2.05) is 50.2 Å². The van der Waals surface area contributed by atoms with E-state index >= 15 is 0 Å². The molecule has 0 aliphatic carbocycles. The molecular weight excluding hydrogens is 252 g/mol. The first-order valence-electron chi connectivity index (χ1n) is 6.43. The molecule has 0 fully saturated rings. The van der Waals surface area contributed by atoms with Crippen LogP contribution in [0.25, 0.3) is 10.8 Å². The lowest BCUT2D eigenvalue weighted by molar-refractivity contribution is 0.250. The molecule has 0 spiro atoms. The minimum Gasteiger partial charge on any atom is -0.336 e. The lowest BCUT2D eigenvalue weighted by Crippen LogP contribution is -2.34. The highest BCUT2D eigenvalue weighted by atomic mass is 16.2. The van der Waals surface area contributed by atoms with Crippen molar-refractivity contribution in [1.82, 2.24) is 5.32 Å². The van der Waals surface area contributed by atoms with E-state index in [1.165, 1.54) is 0 Å². The Kier molecular flexibility index (Phi) is 4.20. The van der Waals surface area contributed by atoms with Crippen molar-refractivity contribution in [3.05, 3.63) is 42.0 Å². The van der Waals surface area contributed by atoms with Gasteiger partial charge >= 0.3 is 6.03 Å². The summed E-state index contributed by atoms with van der Waals surface area (Å²) in [5.41, 5.74) is 1.70. The van der Waals surface area contributed by atoms with Gasteiger partial charge < -0.3 is 16.5 Å². The fraction of sp³-hybridized carbons (Fsp3) is 0.200. The second kappa shape index (κ2) is 6.06. The van der Waals surface area contributed by atoms with Gasteiger partial charge in [0.2, 0.25) is 0 Å². The van der Waals surface area contributed by atoms with Crippen molar-refractivity contribution < 1.29 is 4.79 Å². The molecule has 5 heteroatoms. The highest BCUT2D eigenvalue weighted by molar-refractivity contribution is 5.95. The molecule has 2 aromatic rings. The van der Waals surface area contributed by atoms with Gasteiger partial charge in [0.1, 0.15) is 0 Å². The number of hydrogen-bond acceptors (Lipinski definition) is 3. The number of fused-ring (bicyclic) bond motifs is 1. The first-order valence-corrected chi connectivity index (χ1v) is 6.43. The number of nitrogens with two attached hydrogens (primary N) is 1. The SMILES string of the molecule is CC(C)NC(=O)Nc1ccc2cc(C=NN)ccc2c1. The van der Waals surface area contributed by atoms with Crippen LogP contribution in [0.2, 0.25) is 0 Å². The zero-order valence-corrected chi connectivity index (χ0v) is 11.6. The van der Waals surface area contributed by atoms with Gasteiger partial charge in [0, 0.05) is 11.7 Å². The monoisotopic (exact) mass is 270 g/mol. The van der Waals surface area contributed by atoms with E-state index in [1.54, 1.807) is 6.21 Å². The van der Waals surface area contributed by atoms with Crippen LogP contribution in [0.1, 0.15) is 19.4 Å². The first-order chi connectivity index (χ1) is 9.58. The second-order valence-corrected chi connectivity index (χ2v) is 4.85. The van der Waals surface area contributed by atoms with E-state index in [0.29, 0.717) is 0 Å². The molecule has 2 rings (SSSR count). The van der Waals surface area contributed by atoms with Gasteiger partial charge in [-0.1, -0.05) is 18.2 Å². The Labute approximate surface area is 117 Å². The van der Waals surface area contributed by atoms with E-state index in [9.17, 15) is 4.79 Å². The van der Waals surface area contributed by atoms with Gasteiger partial charge in [-0.2, -0.15) is 5.10 Å². The Bertz CT molecular complexity index is 649. The molecular formula is C15H18N4O. The number of hydrogen-bond donors (Lipinski definition) is 3. The number of benzene rings is 2. The number of carbonyl (C=O) groups is 1. The third-order valence-electron chi connectivity index (χ3n) is 2.77. The molecule has 0 aliphatic rings. The minimum absolute atomic E-state index is 0.105. The number of nitrogens with one attached hydrogen (secondary N) is 2. The maximum atomic E-state index is 11.6. The van der Waals surface area contributed by atoms with Crippen LogP contribution in [0.4, 0.5) is 10.5 Å². The fourth-order valence-corrected chi connectivity index (χ4v) is 1.94. The van der Waals surface area contributed by atoms with Crippen LogP contribution in [-0.4, -0.2) is 18.3 Å². The van der Waals surface area contributed by atoms with Gasteiger partial charge in [-0.3, -0.25) is 0 Å². The van der Waals surface area contributed by atoms with Gasteiger partial charge in [0.05, 0.1) is 6.21 Å². The molecule has 104 valence electrons. The number of rotatable bonds is 3. The molecule has 0 aromatic heterocycles. The van der Waals surface area contributed by atoms with Crippen LogP contribution in [0, 0.1) is 0 Å². The van der Waals surface area contributed by atoms with Gasteiger partial charge in [-0.05, 0) is 48.4 Å². The maximum Gasteiger partial charge on any atom is 0.319 e.